The third-order valence-electron chi connectivity index (χ3n) is 4.93. The lowest BCUT2D eigenvalue weighted by Crippen LogP contribution is -2.38. The van der Waals surface area contributed by atoms with E-state index < -0.39 is 29.0 Å². The van der Waals surface area contributed by atoms with Crippen molar-refractivity contribution in [1.82, 2.24) is 18.7 Å². The van der Waals surface area contributed by atoms with E-state index in [0.717, 1.165) is 4.57 Å². The monoisotopic (exact) mass is 407 g/mol. The molecule has 0 radical (unpaired) electrons. The zero-order chi connectivity index (χ0) is 21.4. The highest BCUT2D eigenvalue weighted by atomic mass is 19.1. The van der Waals surface area contributed by atoms with Crippen molar-refractivity contribution in [3.8, 4) is 0 Å². The summed E-state index contributed by atoms with van der Waals surface area (Å²) in [6, 6.07) is 13.3. The van der Waals surface area contributed by atoms with Crippen LogP contribution >= 0.6 is 0 Å². The van der Waals surface area contributed by atoms with Crippen molar-refractivity contribution < 1.29 is 9.18 Å². The summed E-state index contributed by atoms with van der Waals surface area (Å²) in [5.41, 5.74) is 0.270. The molecule has 0 bridgehead atoms. The summed E-state index contributed by atoms with van der Waals surface area (Å²) < 4.78 is 16.9. The molecule has 1 N–H and O–H groups in total. The Morgan fingerprint density at radius 1 is 1.00 bits per heavy atom. The molecule has 4 aromatic rings. The number of carbonyl (C=O) groups excluding carboxylic acids is 1. The smallest absolute Gasteiger partial charge is 0.324 e. The van der Waals surface area contributed by atoms with E-state index >= 15 is 0 Å². The molecule has 152 valence electrons. The van der Waals surface area contributed by atoms with Crippen LogP contribution in [0, 0.1) is 5.82 Å². The van der Waals surface area contributed by atoms with Crippen LogP contribution in [0.5, 0.6) is 0 Å². The van der Waals surface area contributed by atoms with Crippen LogP contribution in [0.1, 0.15) is 11.6 Å². The van der Waals surface area contributed by atoms with E-state index in [1.165, 1.54) is 53.8 Å². The molecule has 0 aliphatic rings. The Labute approximate surface area is 169 Å². The zero-order valence-electron chi connectivity index (χ0n) is 16.2. The molecule has 9 heteroatoms. The third-order valence-corrected chi connectivity index (χ3v) is 4.93. The second-order valence-corrected chi connectivity index (χ2v) is 6.84. The topological polar surface area (TPSA) is 90.9 Å². The van der Waals surface area contributed by atoms with Gasteiger partial charge in [-0.1, -0.05) is 30.3 Å². The maximum Gasteiger partial charge on any atom is 0.332 e. The molecule has 0 aliphatic heterocycles. The molecule has 1 atom stereocenters. The van der Waals surface area contributed by atoms with Crippen molar-refractivity contribution in [2.45, 2.75) is 6.04 Å². The van der Waals surface area contributed by atoms with Gasteiger partial charge in [-0.3, -0.25) is 18.7 Å². The number of hydrogen-bond acceptors (Lipinski definition) is 4. The summed E-state index contributed by atoms with van der Waals surface area (Å²) in [5.74, 6) is -0.861. The fraction of sp³-hybridized carbons (Fsp3) is 0.143. The summed E-state index contributed by atoms with van der Waals surface area (Å²) in [7, 11) is 2.88. The average molecular weight is 407 g/mol. The molecule has 0 fully saturated rings. The van der Waals surface area contributed by atoms with E-state index in [1.54, 1.807) is 24.3 Å². The lowest BCUT2D eigenvalue weighted by Gasteiger charge is -2.19. The van der Waals surface area contributed by atoms with Gasteiger partial charge in [0, 0.05) is 19.8 Å². The Morgan fingerprint density at radius 2 is 1.67 bits per heavy atom. The Bertz CT molecular complexity index is 1350. The van der Waals surface area contributed by atoms with Gasteiger partial charge >= 0.3 is 5.69 Å². The highest BCUT2D eigenvalue weighted by Gasteiger charge is 2.27. The van der Waals surface area contributed by atoms with Gasteiger partial charge in [0.15, 0.2) is 11.2 Å². The number of aryl methyl sites for hydroxylation is 1. The van der Waals surface area contributed by atoms with Crippen LogP contribution in [0.4, 0.5) is 10.1 Å². The van der Waals surface area contributed by atoms with Gasteiger partial charge in [-0.05, 0) is 29.8 Å². The standard InChI is InChI=1S/C21H18FN5O3/c1-25-18-17(20(29)26(2)21(25)30)27(12-23-18)16(13-6-4-3-5-7-13)19(28)24-15-10-8-14(22)9-11-15/h3-12,16H,1-2H3,(H,24,28)/t16-/m0/s1. The number of nitrogens with zero attached hydrogens (tertiary/aromatic N) is 4. The van der Waals surface area contributed by atoms with Gasteiger partial charge in [-0.25, -0.2) is 14.2 Å². The molecule has 4 rings (SSSR count). The number of benzene rings is 2. The van der Waals surface area contributed by atoms with Crippen LogP contribution in [0.25, 0.3) is 11.2 Å². The number of carbonyl (C=O) groups is 1. The molecule has 2 heterocycles. The Kier molecular flexibility index (Phi) is 4.78. The van der Waals surface area contributed by atoms with Crippen molar-refractivity contribution >= 4 is 22.8 Å². The van der Waals surface area contributed by atoms with Crippen LogP contribution in [0.15, 0.2) is 70.5 Å². The van der Waals surface area contributed by atoms with Gasteiger partial charge in [0.25, 0.3) is 11.5 Å². The first-order chi connectivity index (χ1) is 14.4. The quantitative estimate of drug-likeness (QED) is 0.559. The molecule has 0 unspecified atom stereocenters. The average Bonchev–Trinajstić information content (AvgIpc) is 3.18. The normalized spacial score (nSPS) is 12.1. The number of anilines is 1. The van der Waals surface area contributed by atoms with Crippen molar-refractivity contribution in [1.29, 1.82) is 0 Å². The van der Waals surface area contributed by atoms with Crippen molar-refractivity contribution in [2.24, 2.45) is 14.1 Å². The van der Waals surface area contributed by atoms with E-state index in [0.29, 0.717) is 11.3 Å². The van der Waals surface area contributed by atoms with Crippen LogP contribution in [-0.2, 0) is 18.9 Å². The van der Waals surface area contributed by atoms with E-state index in [2.05, 4.69) is 10.3 Å². The number of amides is 1. The van der Waals surface area contributed by atoms with Crippen molar-refractivity contribution in [3.63, 3.8) is 0 Å². The molecule has 2 aromatic carbocycles. The zero-order valence-corrected chi connectivity index (χ0v) is 16.2. The van der Waals surface area contributed by atoms with E-state index in [9.17, 15) is 18.8 Å². The Hall–Kier alpha value is -4.01. The Balaban J connectivity index is 1.89. The third kappa shape index (κ3) is 3.20. The van der Waals surface area contributed by atoms with E-state index in [1.807, 2.05) is 6.07 Å². The van der Waals surface area contributed by atoms with Crippen LogP contribution in [-0.4, -0.2) is 24.6 Å². The molecule has 0 saturated carbocycles. The van der Waals surface area contributed by atoms with Gasteiger partial charge in [-0.2, -0.15) is 0 Å². The molecule has 0 aliphatic carbocycles. The first-order valence-corrected chi connectivity index (χ1v) is 9.12. The Morgan fingerprint density at radius 3 is 2.33 bits per heavy atom. The minimum atomic E-state index is -0.938. The molecular weight excluding hydrogens is 389 g/mol. The maximum atomic E-state index is 13.3. The molecule has 2 aromatic heterocycles. The summed E-state index contributed by atoms with van der Waals surface area (Å²) in [5, 5.41) is 2.75. The van der Waals surface area contributed by atoms with E-state index in [4.69, 9.17) is 0 Å². The predicted molar refractivity (Wildman–Crippen MR) is 110 cm³/mol. The van der Waals surface area contributed by atoms with Crippen molar-refractivity contribution in [3.05, 3.63) is 93.1 Å². The highest BCUT2D eigenvalue weighted by molar-refractivity contribution is 5.96. The summed E-state index contributed by atoms with van der Waals surface area (Å²) in [6.45, 7) is 0. The number of nitrogens with one attached hydrogen (secondary N) is 1. The van der Waals surface area contributed by atoms with Crippen LogP contribution in [0.3, 0.4) is 0 Å². The van der Waals surface area contributed by atoms with Gasteiger partial charge in [0.2, 0.25) is 0 Å². The number of imidazole rings is 1. The van der Waals surface area contributed by atoms with Gasteiger partial charge in [0.1, 0.15) is 11.9 Å². The molecule has 8 nitrogen and oxygen atoms in total. The lowest BCUT2D eigenvalue weighted by molar-refractivity contribution is -0.118. The molecule has 30 heavy (non-hydrogen) atoms. The highest BCUT2D eigenvalue weighted by Crippen LogP contribution is 2.24. The molecule has 1 amide bonds. The summed E-state index contributed by atoms with van der Waals surface area (Å²) in [4.78, 5) is 42.5. The van der Waals surface area contributed by atoms with E-state index in [-0.39, 0.29) is 11.2 Å². The number of fused-ring (bicyclic) bond motifs is 1. The first-order valence-electron chi connectivity index (χ1n) is 9.12. The number of rotatable bonds is 4. The maximum absolute atomic E-state index is 13.3. The lowest BCUT2D eigenvalue weighted by atomic mass is 10.1. The SMILES string of the molecule is Cn1c(=O)c2c(ncn2[C@H](C(=O)Nc2ccc(F)cc2)c2ccccc2)n(C)c1=O. The first kappa shape index (κ1) is 19.3. The fourth-order valence-electron chi connectivity index (χ4n) is 3.38. The molecular formula is C21H18FN5O3. The summed E-state index contributed by atoms with van der Waals surface area (Å²) in [6.07, 6.45) is 1.37. The van der Waals surface area contributed by atoms with Gasteiger partial charge in [-0.15, -0.1) is 0 Å². The second-order valence-electron chi connectivity index (χ2n) is 6.84. The van der Waals surface area contributed by atoms with Gasteiger partial charge in [0.05, 0.1) is 6.33 Å². The number of halogens is 1. The van der Waals surface area contributed by atoms with Crippen molar-refractivity contribution in [2.75, 3.05) is 5.32 Å². The van der Waals surface area contributed by atoms with Crippen LogP contribution < -0.4 is 16.6 Å². The largest absolute Gasteiger partial charge is 0.332 e. The predicted octanol–water partition coefficient (Wildman–Crippen LogP) is 1.80. The molecule has 0 spiro atoms. The minimum absolute atomic E-state index is 0.128. The second kappa shape index (κ2) is 7.43. The number of hydrogen-bond donors (Lipinski definition) is 1. The minimum Gasteiger partial charge on any atom is -0.324 e. The fourth-order valence-corrected chi connectivity index (χ4v) is 3.38. The summed E-state index contributed by atoms with van der Waals surface area (Å²) >= 11 is 0. The molecule has 0 saturated heterocycles. The number of aromatic nitrogens is 4. The van der Waals surface area contributed by atoms with Crippen LogP contribution in [0.2, 0.25) is 0 Å². The van der Waals surface area contributed by atoms with Gasteiger partial charge < -0.3 is 9.88 Å².